The monoisotopic (exact) mass is 298 g/mol. The van der Waals surface area contributed by atoms with Gasteiger partial charge in [-0.3, -0.25) is 0 Å². The van der Waals surface area contributed by atoms with E-state index < -0.39 is 0 Å². The second kappa shape index (κ2) is 10.2. The summed E-state index contributed by atoms with van der Waals surface area (Å²) in [5.74, 6) is 1.03. The molecular formula is C21H30O. The van der Waals surface area contributed by atoms with Crippen molar-refractivity contribution in [2.75, 3.05) is 6.61 Å². The van der Waals surface area contributed by atoms with Crippen LogP contribution in [0.1, 0.15) is 46.1 Å². The zero-order chi connectivity index (χ0) is 16.4. The Bertz CT molecular complexity index is 502. The molecule has 0 aliphatic carbocycles. The fourth-order valence-electron chi connectivity index (χ4n) is 2.70. The Morgan fingerprint density at radius 3 is 2.32 bits per heavy atom. The highest BCUT2D eigenvalue weighted by molar-refractivity contribution is 5.52. The van der Waals surface area contributed by atoms with Gasteiger partial charge in [-0.15, -0.1) is 0 Å². The second-order valence-electron chi connectivity index (χ2n) is 6.18. The summed E-state index contributed by atoms with van der Waals surface area (Å²) in [6.45, 7) is 8.92. The van der Waals surface area contributed by atoms with Crippen molar-refractivity contribution in [3.8, 4) is 0 Å². The number of rotatable bonds is 8. The third-order valence-electron chi connectivity index (χ3n) is 3.81. The van der Waals surface area contributed by atoms with Crippen molar-refractivity contribution in [1.29, 1.82) is 0 Å². The van der Waals surface area contributed by atoms with Crippen LogP contribution >= 0.6 is 0 Å². The fourth-order valence-corrected chi connectivity index (χ4v) is 2.70. The molecule has 2 atom stereocenters. The van der Waals surface area contributed by atoms with Gasteiger partial charge in [-0.2, -0.15) is 0 Å². The average Bonchev–Trinajstić information content (AvgIpc) is 2.51. The molecule has 0 aliphatic rings. The van der Waals surface area contributed by atoms with Gasteiger partial charge in [0.25, 0.3) is 0 Å². The molecule has 0 fully saturated rings. The molecule has 0 aliphatic heterocycles. The molecule has 0 amide bonds. The molecule has 1 heteroatoms. The van der Waals surface area contributed by atoms with Crippen LogP contribution in [0.15, 0.2) is 59.7 Å². The van der Waals surface area contributed by atoms with E-state index in [4.69, 9.17) is 0 Å². The molecule has 22 heavy (non-hydrogen) atoms. The summed E-state index contributed by atoms with van der Waals surface area (Å²) >= 11 is 0. The molecule has 0 heterocycles. The van der Waals surface area contributed by atoms with E-state index in [1.54, 1.807) is 0 Å². The molecule has 0 aromatic heterocycles. The molecule has 120 valence electrons. The fraction of sp³-hybridized carbons (Fsp3) is 0.429. The minimum absolute atomic E-state index is 0.184. The molecule has 0 radical (unpaired) electrons. The molecular weight excluding hydrogens is 268 g/mol. The normalized spacial score (nSPS) is 16.0. The highest BCUT2D eigenvalue weighted by Gasteiger charge is 2.05. The highest BCUT2D eigenvalue weighted by atomic mass is 16.3. The first-order valence-electron chi connectivity index (χ1n) is 8.27. The summed E-state index contributed by atoms with van der Waals surface area (Å²) in [4.78, 5) is 0. The Labute approximate surface area is 136 Å². The zero-order valence-electron chi connectivity index (χ0n) is 14.4. The van der Waals surface area contributed by atoms with Crippen molar-refractivity contribution in [3.05, 3.63) is 65.3 Å². The molecule has 1 N–H and O–H groups in total. The number of aliphatic hydroxyl groups is 1. The van der Waals surface area contributed by atoms with Crippen LogP contribution in [0.3, 0.4) is 0 Å². The van der Waals surface area contributed by atoms with Crippen LogP contribution < -0.4 is 0 Å². The van der Waals surface area contributed by atoms with Crippen molar-refractivity contribution in [2.24, 2.45) is 11.8 Å². The SMILES string of the molecule is CC/C(=C\[C@H](C)C[C@@H](C)/C=C(C)/C=C/c1ccccc1)CO. The first-order valence-corrected chi connectivity index (χ1v) is 8.27. The summed E-state index contributed by atoms with van der Waals surface area (Å²) in [6, 6.07) is 10.4. The van der Waals surface area contributed by atoms with Crippen molar-refractivity contribution in [3.63, 3.8) is 0 Å². The molecule has 1 aromatic rings. The molecule has 0 spiro atoms. The molecule has 1 nitrogen and oxygen atoms in total. The Hall–Kier alpha value is -1.60. The van der Waals surface area contributed by atoms with E-state index in [2.05, 4.69) is 76.3 Å². The molecule has 1 aromatic carbocycles. The van der Waals surface area contributed by atoms with E-state index in [1.807, 2.05) is 6.07 Å². The number of aliphatic hydroxyl groups excluding tert-OH is 1. The molecule has 0 bridgehead atoms. The van der Waals surface area contributed by atoms with E-state index in [0.717, 1.165) is 18.4 Å². The van der Waals surface area contributed by atoms with Crippen LogP contribution in [-0.2, 0) is 0 Å². The maximum absolute atomic E-state index is 9.24. The highest BCUT2D eigenvalue weighted by Crippen LogP contribution is 2.18. The minimum Gasteiger partial charge on any atom is -0.392 e. The van der Waals surface area contributed by atoms with Crippen molar-refractivity contribution >= 4 is 6.08 Å². The first-order chi connectivity index (χ1) is 10.5. The van der Waals surface area contributed by atoms with Crippen molar-refractivity contribution in [2.45, 2.75) is 40.5 Å². The van der Waals surface area contributed by atoms with Gasteiger partial charge in [0.2, 0.25) is 0 Å². The largest absolute Gasteiger partial charge is 0.392 e. The standard InChI is InChI=1S/C21H30O/c1-5-20(16-22)15-19(4)14-18(3)13-17(2)11-12-21-9-7-6-8-10-21/h6-13,15,18-19,22H,5,14,16H2,1-4H3/b12-11+,17-13+,20-15+/t18-,19+/m0/s1. The van der Waals surface area contributed by atoms with Crippen LogP contribution in [0.25, 0.3) is 6.08 Å². The average molecular weight is 298 g/mol. The summed E-state index contributed by atoms with van der Waals surface area (Å²) in [5.41, 5.74) is 3.67. The van der Waals surface area contributed by atoms with Gasteiger partial charge in [0.1, 0.15) is 0 Å². The number of allylic oxidation sites excluding steroid dienone is 4. The van der Waals surface area contributed by atoms with Crippen molar-refractivity contribution in [1.82, 2.24) is 0 Å². The number of hydrogen-bond acceptors (Lipinski definition) is 1. The summed E-state index contributed by atoms with van der Waals surface area (Å²) in [6.07, 6.45) is 10.9. The summed E-state index contributed by atoms with van der Waals surface area (Å²) in [7, 11) is 0. The van der Waals surface area contributed by atoms with Gasteiger partial charge in [0.05, 0.1) is 6.61 Å². The predicted molar refractivity (Wildman–Crippen MR) is 97.6 cm³/mol. The van der Waals surface area contributed by atoms with Gasteiger partial charge in [-0.1, -0.05) is 81.0 Å². The predicted octanol–water partition coefficient (Wildman–Crippen LogP) is 5.64. The van der Waals surface area contributed by atoms with E-state index in [9.17, 15) is 5.11 Å². The molecule has 1 rings (SSSR count). The smallest absolute Gasteiger partial charge is 0.0641 e. The summed E-state index contributed by atoms with van der Waals surface area (Å²) in [5, 5.41) is 9.24. The van der Waals surface area contributed by atoms with Gasteiger partial charge in [-0.05, 0) is 42.7 Å². The lowest BCUT2D eigenvalue weighted by Crippen LogP contribution is -2.01. The van der Waals surface area contributed by atoms with Gasteiger partial charge in [0.15, 0.2) is 0 Å². The van der Waals surface area contributed by atoms with Gasteiger partial charge in [0, 0.05) is 0 Å². The maximum atomic E-state index is 9.24. The lowest BCUT2D eigenvalue weighted by atomic mass is 9.93. The first kappa shape index (κ1) is 18.4. The molecule has 0 unspecified atom stereocenters. The van der Waals surface area contributed by atoms with E-state index in [-0.39, 0.29) is 6.61 Å². The third kappa shape index (κ3) is 7.42. The lowest BCUT2D eigenvalue weighted by Gasteiger charge is -2.13. The number of hydrogen-bond donors (Lipinski definition) is 1. The minimum atomic E-state index is 0.184. The van der Waals surface area contributed by atoms with Crippen LogP contribution in [0, 0.1) is 11.8 Å². The van der Waals surface area contributed by atoms with Gasteiger partial charge >= 0.3 is 0 Å². The van der Waals surface area contributed by atoms with Crippen molar-refractivity contribution < 1.29 is 5.11 Å². The topological polar surface area (TPSA) is 20.2 Å². The van der Waals surface area contributed by atoms with E-state index in [1.165, 1.54) is 11.1 Å². The Balaban J connectivity index is 2.56. The molecule has 0 saturated carbocycles. The van der Waals surface area contributed by atoms with Crippen LogP contribution in [0.2, 0.25) is 0 Å². The van der Waals surface area contributed by atoms with Crippen LogP contribution in [0.4, 0.5) is 0 Å². The summed E-state index contributed by atoms with van der Waals surface area (Å²) < 4.78 is 0. The quantitative estimate of drug-likeness (QED) is 0.486. The Morgan fingerprint density at radius 1 is 1.09 bits per heavy atom. The second-order valence-corrected chi connectivity index (χ2v) is 6.18. The van der Waals surface area contributed by atoms with Crippen LogP contribution in [0.5, 0.6) is 0 Å². The van der Waals surface area contributed by atoms with Gasteiger partial charge < -0.3 is 5.11 Å². The molecule has 0 saturated heterocycles. The zero-order valence-corrected chi connectivity index (χ0v) is 14.4. The van der Waals surface area contributed by atoms with E-state index in [0.29, 0.717) is 11.8 Å². The number of benzene rings is 1. The lowest BCUT2D eigenvalue weighted by molar-refractivity contribution is 0.326. The van der Waals surface area contributed by atoms with E-state index >= 15 is 0 Å². The Morgan fingerprint density at radius 2 is 1.73 bits per heavy atom. The maximum Gasteiger partial charge on any atom is 0.0641 e. The Kier molecular flexibility index (Phi) is 8.54. The third-order valence-corrected chi connectivity index (χ3v) is 3.81. The van der Waals surface area contributed by atoms with Crippen LogP contribution in [-0.4, -0.2) is 11.7 Å². The van der Waals surface area contributed by atoms with Gasteiger partial charge in [-0.25, -0.2) is 0 Å².